The molecule has 2 aliphatic heterocycles. The van der Waals surface area contributed by atoms with Crippen molar-refractivity contribution in [3.8, 4) is 5.00 Å². The quantitative estimate of drug-likeness (QED) is 0.523. The molecule has 0 bridgehead atoms. The van der Waals surface area contributed by atoms with Gasteiger partial charge in [-0.1, -0.05) is 29.8 Å². The normalized spacial score (nSPS) is 15.8. The average Bonchev–Trinajstić information content (AvgIpc) is 3.33. The molecule has 31 heavy (non-hydrogen) atoms. The van der Waals surface area contributed by atoms with E-state index in [2.05, 4.69) is 32.2 Å². The van der Waals surface area contributed by atoms with Crippen molar-refractivity contribution in [3.05, 3.63) is 61.9 Å². The lowest BCUT2D eigenvalue weighted by Gasteiger charge is -2.26. The first-order valence-corrected chi connectivity index (χ1v) is 12.0. The van der Waals surface area contributed by atoms with E-state index in [0.717, 1.165) is 32.5 Å². The summed E-state index contributed by atoms with van der Waals surface area (Å²) < 4.78 is 7.97. The van der Waals surface area contributed by atoms with Gasteiger partial charge in [0.05, 0.1) is 18.9 Å². The smallest absolute Gasteiger partial charge is 0.223 e. The molecule has 1 fully saturated rings. The van der Waals surface area contributed by atoms with Crippen LogP contribution in [0.3, 0.4) is 0 Å². The third kappa shape index (κ3) is 4.07. The summed E-state index contributed by atoms with van der Waals surface area (Å²) in [5, 5.41) is 10.1. The zero-order chi connectivity index (χ0) is 21.4. The minimum absolute atomic E-state index is 0.165. The summed E-state index contributed by atoms with van der Waals surface area (Å²) in [6.07, 6.45) is 1.13. The molecule has 0 atom stereocenters. The number of morpholine rings is 1. The van der Waals surface area contributed by atoms with E-state index < -0.39 is 0 Å². The zero-order valence-corrected chi connectivity index (χ0v) is 19.7. The number of thiophene rings is 1. The maximum atomic E-state index is 12.6. The molecule has 0 radical (unpaired) electrons. The fraction of sp³-hybridized carbons (Fsp3) is 0.333. The van der Waals surface area contributed by atoms with Crippen molar-refractivity contribution in [1.29, 1.82) is 0 Å². The molecule has 2 aliphatic rings. The standard InChI is InChI=1S/C21H19BrClN5O2S/c22-21-26-25-17-12-24-19(14-3-1-2-4-16(14)23)15-11-13(31-20(15)28(17)21)5-6-18(29)27-7-9-30-10-8-27/h1-4,11H,5-10,12H2. The number of nitrogens with zero attached hydrogens (tertiary/aromatic N) is 5. The van der Waals surface area contributed by atoms with Gasteiger partial charge in [0.1, 0.15) is 11.5 Å². The molecule has 5 rings (SSSR count). The highest BCUT2D eigenvalue weighted by Gasteiger charge is 2.26. The number of aryl methyl sites for hydroxylation is 1. The third-order valence-electron chi connectivity index (χ3n) is 5.37. The van der Waals surface area contributed by atoms with E-state index in [9.17, 15) is 4.79 Å². The maximum Gasteiger partial charge on any atom is 0.223 e. The SMILES string of the molecule is O=C(CCc1cc2c(s1)-n1c(Br)nnc1CN=C2c1ccccc1Cl)N1CCOCC1. The number of hydrogen-bond donors (Lipinski definition) is 0. The molecule has 7 nitrogen and oxygen atoms in total. The molecule has 0 unspecified atom stereocenters. The minimum atomic E-state index is 0.165. The van der Waals surface area contributed by atoms with Gasteiger partial charge in [-0.25, -0.2) is 0 Å². The summed E-state index contributed by atoms with van der Waals surface area (Å²) in [6, 6.07) is 9.83. The summed E-state index contributed by atoms with van der Waals surface area (Å²) in [5.41, 5.74) is 2.69. The topological polar surface area (TPSA) is 72.6 Å². The monoisotopic (exact) mass is 519 g/mol. The summed E-state index contributed by atoms with van der Waals surface area (Å²) in [7, 11) is 0. The second-order valence-corrected chi connectivity index (χ2v) is 9.52. The predicted octanol–water partition coefficient (Wildman–Crippen LogP) is 3.89. The van der Waals surface area contributed by atoms with E-state index in [1.807, 2.05) is 33.7 Å². The number of aliphatic imine (C=N–C) groups is 1. The number of carbonyl (C=O) groups excluding carboxylic acids is 1. The Morgan fingerprint density at radius 3 is 2.81 bits per heavy atom. The van der Waals surface area contributed by atoms with Crippen LogP contribution < -0.4 is 0 Å². The number of carbonyl (C=O) groups is 1. The van der Waals surface area contributed by atoms with Crippen molar-refractivity contribution in [3.63, 3.8) is 0 Å². The van der Waals surface area contributed by atoms with Crippen LogP contribution in [-0.4, -0.2) is 57.6 Å². The fourth-order valence-electron chi connectivity index (χ4n) is 3.81. The Morgan fingerprint density at radius 1 is 1.19 bits per heavy atom. The number of ether oxygens (including phenoxy) is 1. The van der Waals surface area contributed by atoms with Gasteiger partial charge in [-0.15, -0.1) is 21.5 Å². The van der Waals surface area contributed by atoms with Crippen LogP contribution in [0.25, 0.3) is 5.00 Å². The predicted molar refractivity (Wildman–Crippen MR) is 123 cm³/mol. The summed E-state index contributed by atoms with van der Waals surface area (Å²) in [5.74, 6) is 0.922. The Kier molecular flexibility index (Phi) is 5.92. The molecule has 0 aliphatic carbocycles. The Hall–Kier alpha value is -2.07. The van der Waals surface area contributed by atoms with Crippen molar-refractivity contribution in [2.24, 2.45) is 4.99 Å². The molecule has 4 heterocycles. The lowest BCUT2D eigenvalue weighted by molar-refractivity contribution is -0.135. The summed E-state index contributed by atoms with van der Waals surface area (Å²) in [6.45, 7) is 2.97. The number of amides is 1. The average molecular weight is 521 g/mol. The number of aromatic nitrogens is 3. The number of fused-ring (bicyclic) bond motifs is 3. The van der Waals surface area contributed by atoms with E-state index in [1.54, 1.807) is 11.3 Å². The zero-order valence-electron chi connectivity index (χ0n) is 16.6. The highest BCUT2D eigenvalue weighted by molar-refractivity contribution is 9.10. The molecule has 160 valence electrons. The first kappa shape index (κ1) is 20.8. The van der Waals surface area contributed by atoms with E-state index >= 15 is 0 Å². The largest absolute Gasteiger partial charge is 0.378 e. The van der Waals surface area contributed by atoms with Gasteiger partial charge in [-0.2, -0.15) is 0 Å². The third-order valence-corrected chi connectivity index (χ3v) is 7.39. The Morgan fingerprint density at radius 2 is 2.00 bits per heavy atom. The molecule has 0 saturated carbocycles. The minimum Gasteiger partial charge on any atom is -0.378 e. The van der Waals surface area contributed by atoms with Gasteiger partial charge < -0.3 is 9.64 Å². The van der Waals surface area contributed by atoms with E-state index in [-0.39, 0.29) is 5.91 Å². The van der Waals surface area contributed by atoms with E-state index in [1.165, 1.54) is 0 Å². The number of benzene rings is 1. The molecule has 0 N–H and O–H groups in total. The number of hydrogen-bond acceptors (Lipinski definition) is 6. The van der Waals surface area contributed by atoms with Gasteiger partial charge in [0.25, 0.3) is 0 Å². The Bertz CT molecular complexity index is 1170. The first-order chi connectivity index (χ1) is 15.1. The van der Waals surface area contributed by atoms with Crippen LogP contribution in [0.15, 0.2) is 40.1 Å². The van der Waals surface area contributed by atoms with Crippen LogP contribution >= 0.6 is 38.9 Å². The first-order valence-electron chi connectivity index (χ1n) is 10.00. The Balaban J connectivity index is 1.49. The van der Waals surface area contributed by atoms with Gasteiger partial charge in [-0.3, -0.25) is 14.4 Å². The van der Waals surface area contributed by atoms with E-state index in [0.29, 0.717) is 55.4 Å². The molecule has 1 amide bonds. The van der Waals surface area contributed by atoms with Crippen LogP contribution in [0.2, 0.25) is 5.02 Å². The second kappa shape index (κ2) is 8.82. The Labute approximate surface area is 196 Å². The second-order valence-electron chi connectivity index (χ2n) is 7.29. The molecule has 1 saturated heterocycles. The van der Waals surface area contributed by atoms with E-state index in [4.69, 9.17) is 21.3 Å². The summed E-state index contributed by atoms with van der Waals surface area (Å²) >= 11 is 11.7. The summed E-state index contributed by atoms with van der Waals surface area (Å²) in [4.78, 5) is 20.4. The van der Waals surface area contributed by atoms with Crippen LogP contribution in [0, 0.1) is 0 Å². The highest BCUT2D eigenvalue weighted by atomic mass is 79.9. The maximum absolute atomic E-state index is 12.6. The molecule has 1 aromatic carbocycles. The number of rotatable bonds is 4. The van der Waals surface area contributed by atoms with Gasteiger partial charge in [0.15, 0.2) is 5.82 Å². The molecule has 10 heteroatoms. The van der Waals surface area contributed by atoms with Crippen LogP contribution in [0.1, 0.15) is 28.2 Å². The molecular weight excluding hydrogens is 502 g/mol. The number of halogens is 2. The van der Waals surface area contributed by atoms with Crippen molar-refractivity contribution < 1.29 is 9.53 Å². The van der Waals surface area contributed by atoms with Gasteiger partial charge in [-0.05, 0) is 34.5 Å². The molecule has 2 aromatic heterocycles. The highest BCUT2D eigenvalue weighted by Crippen LogP contribution is 2.36. The van der Waals surface area contributed by atoms with Crippen LogP contribution in [0.4, 0.5) is 0 Å². The lowest BCUT2D eigenvalue weighted by Crippen LogP contribution is -2.40. The van der Waals surface area contributed by atoms with Gasteiger partial charge in [0, 0.05) is 40.5 Å². The van der Waals surface area contributed by atoms with Crippen LogP contribution in [-0.2, 0) is 22.5 Å². The fourth-order valence-corrected chi connectivity index (χ4v) is 5.79. The van der Waals surface area contributed by atoms with Crippen molar-refractivity contribution in [1.82, 2.24) is 19.7 Å². The van der Waals surface area contributed by atoms with Crippen molar-refractivity contribution >= 4 is 50.5 Å². The van der Waals surface area contributed by atoms with Gasteiger partial charge >= 0.3 is 0 Å². The molecule has 0 spiro atoms. The molecular formula is C21H19BrClN5O2S. The van der Waals surface area contributed by atoms with Gasteiger partial charge in [0.2, 0.25) is 10.6 Å². The lowest BCUT2D eigenvalue weighted by atomic mass is 10.0. The van der Waals surface area contributed by atoms with Crippen molar-refractivity contribution in [2.75, 3.05) is 26.3 Å². The van der Waals surface area contributed by atoms with Crippen LogP contribution in [0.5, 0.6) is 0 Å². The van der Waals surface area contributed by atoms with Crippen molar-refractivity contribution in [2.45, 2.75) is 19.4 Å². The molecule has 3 aromatic rings.